The molecular formula is C20H23N3O3S. The van der Waals surface area contributed by atoms with Gasteiger partial charge in [0.05, 0.1) is 0 Å². The van der Waals surface area contributed by atoms with Gasteiger partial charge in [-0.05, 0) is 30.4 Å². The average Bonchev–Trinajstić information content (AvgIpc) is 2.94. The summed E-state index contributed by atoms with van der Waals surface area (Å²) >= 11 is 1.44. The second-order valence-corrected chi connectivity index (χ2v) is 8.44. The Bertz CT molecular complexity index is 825. The predicted molar refractivity (Wildman–Crippen MR) is 102 cm³/mol. The van der Waals surface area contributed by atoms with Crippen molar-refractivity contribution in [3.63, 3.8) is 0 Å². The van der Waals surface area contributed by atoms with E-state index in [1.54, 1.807) is 0 Å². The van der Waals surface area contributed by atoms with Crippen molar-refractivity contribution in [1.82, 2.24) is 14.8 Å². The molecule has 6 nitrogen and oxygen atoms in total. The summed E-state index contributed by atoms with van der Waals surface area (Å²) in [5, 5.41) is 1.90. The highest BCUT2D eigenvalue weighted by molar-refractivity contribution is 7.12. The molecule has 0 spiro atoms. The van der Waals surface area contributed by atoms with E-state index in [1.165, 1.54) is 23.3 Å². The molecule has 2 aromatic rings. The fourth-order valence-electron chi connectivity index (χ4n) is 4.45. The molecular weight excluding hydrogens is 362 g/mol. The van der Waals surface area contributed by atoms with Crippen LogP contribution in [-0.4, -0.2) is 59.6 Å². The Morgan fingerprint density at radius 1 is 1.22 bits per heavy atom. The monoisotopic (exact) mass is 385 g/mol. The van der Waals surface area contributed by atoms with E-state index in [9.17, 15) is 4.79 Å². The molecule has 0 N–H and O–H groups in total. The second kappa shape index (κ2) is 7.13. The lowest BCUT2D eigenvalue weighted by molar-refractivity contribution is 0.0582. The van der Waals surface area contributed by atoms with E-state index < -0.39 is 0 Å². The Morgan fingerprint density at radius 2 is 2.15 bits per heavy atom. The summed E-state index contributed by atoms with van der Waals surface area (Å²) in [6, 6.07) is 4.37. The average molecular weight is 385 g/mol. The number of ether oxygens (including phenoxy) is 2. The molecule has 7 heteroatoms. The number of carbonyl (C=O) groups excluding carboxylic acids is 1. The van der Waals surface area contributed by atoms with Gasteiger partial charge in [-0.15, -0.1) is 11.3 Å². The number of thiophene rings is 1. The van der Waals surface area contributed by atoms with E-state index in [2.05, 4.69) is 20.9 Å². The molecule has 3 fully saturated rings. The standard InChI is InChI=1S/C20H23N3O3S/c24-20(19-18-17(13-27-19)25-6-7-26-18)23-11-15-3-4-16(23)12-22(10-15)9-14-2-1-5-21-8-14/h1-2,5,8,13,15-16H,3-4,6-7,9-12H2. The molecule has 1 amide bonds. The molecule has 2 aromatic heterocycles. The zero-order valence-corrected chi connectivity index (χ0v) is 16.0. The summed E-state index contributed by atoms with van der Waals surface area (Å²) in [6.45, 7) is 4.75. The molecule has 0 saturated carbocycles. The molecule has 0 aliphatic carbocycles. The SMILES string of the molecule is O=C(c1scc2c1OCCO2)N1CC2CCC1CN(Cc1cccnc1)C2. The molecule has 2 bridgehead atoms. The Balaban J connectivity index is 1.34. The predicted octanol–water partition coefficient (Wildman–Crippen LogP) is 2.65. The summed E-state index contributed by atoms with van der Waals surface area (Å²) in [4.78, 5) is 22.8. The van der Waals surface area contributed by atoms with Crippen molar-refractivity contribution in [2.75, 3.05) is 32.8 Å². The molecule has 6 rings (SSSR count). The maximum absolute atomic E-state index is 13.3. The number of piperidine rings is 1. The maximum atomic E-state index is 13.3. The van der Waals surface area contributed by atoms with E-state index in [0.717, 1.165) is 32.6 Å². The van der Waals surface area contributed by atoms with Crippen LogP contribution in [0.3, 0.4) is 0 Å². The van der Waals surface area contributed by atoms with Gasteiger partial charge in [0.2, 0.25) is 0 Å². The number of hydrogen-bond acceptors (Lipinski definition) is 6. The number of nitrogens with zero attached hydrogens (tertiary/aromatic N) is 3. The van der Waals surface area contributed by atoms with Crippen LogP contribution in [-0.2, 0) is 6.54 Å². The van der Waals surface area contributed by atoms with Gasteiger partial charge >= 0.3 is 0 Å². The van der Waals surface area contributed by atoms with Gasteiger partial charge in [-0.25, -0.2) is 0 Å². The third-order valence-corrected chi connectivity index (χ3v) is 6.60. The number of amides is 1. The van der Waals surface area contributed by atoms with Crippen LogP contribution >= 0.6 is 11.3 Å². The van der Waals surface area contributed by atoms with Gasteiger partial charge in [-0.3, -0.25) is 14.7 Å². The van der Waals surface area contributed by atoms with Crippen LogP contribution in [0.5, 0.6) is 11.5 Å². The smallest absolute Gasteiger partial charge is 0.268 e. The molecule has 0 radical (unpaired) electrons. The fraction of sp³-hybridized carbons (Fsp3) is 0.500. The molecule has 4 aliphatic rings. The van der Waals surface area contributed by atoms with Gasteiger partial charge in [-0.1, -0.05) is 6.07 Å². The van der Waals surface area contributed by atoms with Crippen molar-refractivity contribution in [2.45, 2.75) is 25.4 Å². The normalized spacial score (nSPS) is 24.7. The van der Waals surface area contributed by atoms with E-state index in [4.69, 9.17) is 9.47 Å². The first-order valence-electron chi connectivity index (χ1n) is 9.57. The summed E-state index contributed by atoms with van der Waals surface area (Å²) in [6.07, 6.45) is 6.01. The Kier molecular flexibility index (Phi) is 4.49. The summed E-state index contributed by atoms with van der Waals surface area (Å²) in [7, 11) is 0. The van der Waals surface area contributed by atoms with Crippen LogP contribution in [0.1, 0.15) is 28.1 Å². The topological polar surface area (TPSA) is 54.9 Å². The molecule has 6 heterocycles. The molecule has 2 unspecified atom stereocenters. The fourth-order valence-corrected chi connectivity index (χ4v) is 5.33. The number of pyridine rings is 1. The van der Waals surface area contributed by atoms with E-state index in [0.29, 0.717) is 35.5 Å². The third kappa shape index (κ3) is 3.30. The lowest BCUT2D eigenvalue weighted by Gasteiger charge is -2.36. The number of hydrogen-bond donors (Lipinski definition) is 0. The maximum Gasteiger partial charge on any atom is 0.268 e. The van der Waals surface area contributed by atoms with Crippen molar-refractivity contribution in [1.29, 1.82) is 0 Å². The van der Waals surface area contributed by atoms with Crippen LogP contribution in [0.2, 0.25) is 0 Å². The second-order valence-electron chi connectivity index (χ2n) is 7.57. The highest BCUT2D eigenvalue weighted by atomic mass is 32.1. The van der Waals surface area contributed by atoms with Crippen LogP contribution in [0.25, 0.3) is 0 Å². The van der Waals surface area contributed by atoms with Crippen molar-refractivity contribution in [2.24, 2.45) is 5.92 Å². The van der Waals surface area contributed by atoms with E-state index >= 15 is 0 Å². The van der Waals surface area contributed by atoms with Gasteiger partial charge in [0.1, 0.15) is 18.1 Å². The first-order valence-corrected chi connectivity index (χ1v) is 10.4. The Morgan fingerprint density at radius 3 is 3.04 bits per heavy atom. The van der Waals surface area contributed by atoms with Gasteiger partial charge in [-0.2, -0.15) is 0 Å². The van der Waals surface area contributed by atoms with Crippen molar-refractivity contribution in [3.8, 4) is 11.5 Å². The highest BCUT2D eigenvalue weighted by Crippen LogP contribution is 2.41. The van der Waals surface area contributed by atoms with Gasteiger partial charge < -0.3 is 14.4 Å². The lowest BCUT2D eigenvalue weighted by atomic mass is 9.95. The molecule has 4 aliphatic heterocycles. The van der Waals surface area contributed by atoms with Crippen molar-refractivity contribution >= 4 is 17.2 Å². The first kappa shape index (κ1) is 17.0. The molecule has 3 saturated heterocycles. The van der Waals surface area contributed by atoms with Gasteiger partial charge in [0, 0.05) is 50.0 Å². The van der Waals surface area contributed by atoms with Crippen LogP contribution in [0, 0.1) is 5.92 Å². The number of carbonyl (C=O) groups is 1. The highest BCUT2D eigenvalue weighted by Gasteiger charge is 2.39. The number of aromatic nitrogens is 1. The third-order valence-electron chi connectivity index (χ3n) is 5.67. The minimum atomic E-state index is 0.102. The Hall–Kier alpha value is -2.12. The number of rotatable bonds is 3. The molecule has 0 aromatic carbocycles. The van der Waals surface area contributed by atoms with Gasteiger partial charge in [0.15, 0.2) is 11.5 Å². The molecule has 142 valence electrons. The molecule has 2 atom stereocenters. The quantitative estimate of drug-likeness (QED) is 0.813. The lowest BCUT2D eigenvalue weighted by Crippen LogP contribution is -2.47. The Labute approximate surface area is 162 Å². The largest absolute Gasteiger partial charge is 0.485 e. The minimum absolute atomic E-state index is 0.102. The zero-order valence-electron chi connectivity index (χ0n) is 15.2. The molecule has 27 heavy (non-hydrogen) atoms. The zero-order chi connectivity index (χ0) is 18.2. The van der Waals surface area contributed by atoms with Crippen LogP contribution < -0.4 is 9.47 Å². The van der Waals surface area contributed by atoms with E-state index in [1.807, 2.05) is 23.8 Å². The van der Waals surface area contributed by atoms with Crippen LogP contribution in [0.15, 0.2) is 29.9 Å². The van der Waals surface area contributed by atoms with Crippen molar-refractivity contribution < 1.29 is 14.3 Å². The summed E-state index contributed by atoms with van der Waals surface area (Å²) in [5.74, 6) is 1.98. The van der Waals surface area contributed by atoms with Crippen LogP contribution in [0.4, 0.5) is 0 Å². The first-order chi connectivity index (χ1) is 13.3. The van der Waals surface area contributed by atoms with Gasteiger partial charge in [0.25, 0.3) is 5.91 Å². The van der Waals surface area contributed by atoms with Crippen molar-refractivity contribution in [3.05, 3.63) is 40.3 Å². The van der Waals surface area contributed by atoms with E-state index in [-0.39, 0.29) is 11.9 Å². The minimum Gasteiger partial charge on any atom is -0.485 e. The summed E-state index contributed by atoms with van der Waals surface area (Å²) < 4.78 is 11.4. The summed E-state index contributed by atoms with van der Waals surface area (Å²) in [5.41, 5.74) is 1.23. The number of fused-ring (bicyclic) bond motifs is 5.